The number of nitrogens with two attached hydrogens (primary N) is 1. The molecule has 1 fully saturated rings. The maximum atomic E-state index is 15.4. The van der Waals surface area contributed by atoms with Gasteiger partial charge in [0.25, 0.3) is 0 Å². The Balaban J connectivity index is 1.66. The highest BCUT2D eigenvalue weighted by atomic mass is 19.4. The van der Waals surface area contributed by atoms with Gasteiger partial charge in [0.05, 0.1) is 18.6 Å². The van der Waals surface area contributed by atoms with Crippen molar-refractivity contribution in [2.75, 3.05) is 43.8 Å². The van der Waals surface area contributed by atoms with E-state index in [1.165, 1.54) is 12.1 Å². The lowest BCUT2D eigenvalue weighted by molar-refractivity contribution is -0.150. The molecule has 4 rings (SSSR count). The van der Waals surface area contributed by atoms with Crippen LogP contribution in [-0.4, -0.2) is 61.0 Å². The van der Waals surface area contributed by atoms with Crippen LogP contribution in [-0.2, 0) is 6.42 Å². The van der Waals surface area contributed by atoms with Crippen LogP contribution in [0.5, 0.6) is 0 Å². The Bertz CT molecular complexity index is 1060. The number of nitrogen functional groups attached to an aromatic ring is 1. The Kier molecular flexibility index (Phi) is 7.32. The van der Waals surface area contributed by atoms with Gasteiger partial charge in [0.1, 0.15) is 11.6 Å². The molecule has 35 heavy (non-hydrogen) atoms. The second-order valence-electron chi connectivity index (χ2n) is 9.33. The molecule has 1 atom stereocenters. The van der Waals surface area contributed by atoms with Gasteiger partial charge in [-0.05, 0) is 48.7 Å². The molecule has 0 bridgehead atoms. The topological polar surface area (TPSA) is 68.4 Å². The minimum absolute atomic E-state index is 0.0618. The van der Waals surface area contributed by atoms with Crippen LogP contribution < -0.4 is 11.1 Å². The van der Waals surface area contributed by atoms with Crippen LogP contribution in [0.15, 0.2) is 24.3 Å². The van der Waals surface area contributed by atoms with Gasteiger partial charge in [-0.25, -0.2) is 8.78 Å². The van der Waals surface area contributed by atoms with Crippen molar-refractivity contribution in [1.82, 2.24) is 9.80 Å². The van der Waals surface area contributed by atoms with Crippen molar-refractivity contribution in [2.24, 2.45) is 0 Å². The van der Waals surface area contributed by atoms with Crippen molar-refractivity contribution in [2.45, 2.75) is 44.4 Å². The fraction of sp³-hybridized carbons (Fsp3) is 0.480. The molecule has 0 spiro atoms. The molecule has 2 aliphatic heterocycles. The Morgan fingerprint density at radius 3 is 2.46 bits per heavy atom. The minimum Gasteiger partial charge on any atom is -0.398 e. The molecular weight excluding hydrogens is 465 g/mol. The summed E-state index contributed by atoms with van der Waals surface area (Å²) in [4.78, 5) is 3.29. The number of nitrogens with zero attached hydrogens (tertiary/aromatic N) is 2. The number of fused-ring (bicyclic) bond motifs is 1. The first-order valence-electron chi connectivity index (χ1n) is 11.8. The lowest BCUT2D eigenvalue weighted by Gasteiger charge is -2.40. The Labute approximate surface area is 201 Å². The van der Waals surface area contributed by atoms with Gasteiger partial charge in [-0.15, -0.1) is 0 Å². The van der Waals surface area contributed by atoms with Crippen molar-refractivity contribution < 1.29 is 22.0 Å². The van der Waals surface area contributed by atoms with Crippen LogP contribution in [0.1, 0.15) is 48.1 Å². The van der Waals surface area contributed by atoms with Crippen LogP contribution in [0.3, 0.4) is 0 Å². The maximum Gasteiger partial charge on any atom is 0.401 e. The second kappa shape index (κ2) is 10.1. The van der Waals surface area contributed by atoms with Crippen LogP contribution in [0.25, 0.3) is 0 Å². The summed E-state index contributed by atoms with van der Waals surface area (Å²) >= 11 is 0. The third kappa shape index (κ3) is 5.43. The molecule has 2 aliphatic rings. The highest BCUT2D eigenvalue weighted by Gasteiger charge is 2.40. The summed E-state index contributed by atoms with van der Waals surface area (Å²) in [5.41, 5.74) is 7.34. The number of likely N-dealkylation sites (tertiary alicyclic amines) is 1. The zero-order valence-corrected chi connectivity index (χ0v) is 19.6. The van der Waals surface area contributed by atoms with Gasteiger partial charge in [-0.1, -0.05) is 19.4 Å². The fourth-order valence-corrected chi connectivity index (χ4v) is 5.12. The number of hydrogen-bond acceptors (Lipinski definition) is 5. The fourth-order valence-electron chi connectivity index (χ4n) is 5.12. The zero-order chi connectivity index (χ0) is 25.3. The molecule has 0 aliphatic carbocycles. The van der Waals surface area contributed by atoms with Gasteiger partial charge >= 0.3 is 6.18 Å². The second-order valence-corrected chi connectivity index (χ2v) is 9.33. The lowest BCUT2D eigenvalue weighted by atomic mass is 9.84. The summed E-state index contributed by atoms with van der Waals surface area (Å²) in [5.74, 6) is -1.82. The van der Waals surface area contributed by atoms with Crippen molar-refractivity contribution in [3.8, 4) is 0 Å². The molecule has 0 radical (unpaired) electrons. The maximum absolute atomic E-state index is 15.4. The van der Waals surface area contributed by atoms with Crippen LogP contribution >= 0.6 is 0 Å². The van der Waals surface area contributed by atoms with Crippen LogP contribution in [0.4, 0.5) is 33.3 Å². The number of rotatable bonds is 8. The van der Waals surface area contributed by atoms with Gasteiger partial charge in [0, 0.05) is 48.4 Å². The van der Waals surface area contributed by atoms with Crippen molar-refractivity contribution in [3.05, 3.63) is 58.2 Å². The smallest absolute Gasteiger partial charge is 0.398 e. The summed E-state index contributed by atoms with van der Waals surface area (Å²) in [5, 5.41) is 10.8. The van der Waals surface area contributed by atoms with E-state index in [1.807, 2.05) is 0 Å². The molecular formula is C25H30F5N5. The molecule has 4 N–H and O–H groups in total. The molecule has 2 aromatic carbocycles. The number of alkyl halides is 3. The van der Waals surface area contributed by atoms with Crippen molar-refractivity contribution in [1.29, 1.82) is 5.41 Å². The number of anilines is 2. The number of hydrogen-bond donors (Lipinski definition) is 3. The molecule has 1 unspecified atom stereocenters. The molecule has 1 saturated heterocycles. The normalized spacial score (nSPS) is 19.3. The predicted molar refractivity (Wildman–Crippen MR) is 127 cm³/mol. The van der Waals surface area contributed by atoms with E-state index in [2.05, 4.69) is 17.1 Å². The van der Waals surface area contributed by atoms with Gasteiger partial charge in [0.2, 0.25) is 0 Å². The van der Waals surface area contributed by atoms with E-state index in [0.29, 0.717) is 22.4 Å². The summed E-state index contributed by atoms with van der Waals surface area (Å²) in [7, 11) is 0. The van der Waals surface area contributed by atoms with E-state index in [0.717, 1.165) is 55.7 Å². The quantitative estimate of drug-likeness (QED) is 0.275. The molecule has 0 amide bonds. The zero-order valence-electron chi connectivity index (χ0n) is 19.6. The first-order chi connectivity index (χ1) is 16.6. The first kappa shape index (κ1) is 25.4. The van der Waals surface area contributed by atoms with E-state index < -0.39 is 36.0 Å². The van der Waals surface area contributed by atoms with Gasteiger partial charge < -0.3 is 16.5 Å². The van der Waals surface area contributed by atoms with Crippen LogP contribution in [0, 0.1) is 17.0 Å². The molecule has 2 aromatic rings. The number of benzene rings is 2. The highest BCUT2D eigenvalue weighted by Crippen LogP contribution is 2.41. The summed E-state index contributed by atoms with van der Waals surface area (Å²) in [6, 6.07) is 4.06. The standard InChI is InChI=1S/C25H30F5N5/c1-2-3-7-34-12-16(13-34)33-15-9-20(26)23(21(27)10-15)24-18-4-5-22(32)19(11-31)17(18)6-8-35(24)14-25(28,29)30/h4-5,9-11,16,24,31,33H,2-3,6-8,12-14,32H2,1H3. The van der Waals surface area contributed by atoms with Gasteiger partial charge in [0.15, 0.2) is 0 Å². The Morgan fingerprint density at radius 1 is 1.17 bits per heavy atom. The average molecular weight is 496 g/mol. The summed E-state index contributed by atoms with van der Waals surface area (Å²) < 4.78 is 70.9. The molecule has 10 heteroatoms. The number of halogens is 5. The third-order valence-corrected chi connectivity index (χ3v) is 6.77. The SMILES string of the molecule is CCCCN1CC(Nc2cc(F)c(C3c4ccc(N)c(C=N)c4CCN3CC(F)(F)F)c(F)c2)C1. The average Bonchev–Trinajstić information content (AvgIpc) is 2.75. The number of nitrogens with one attached hydrogen (secondary N) is 2. The molecule has 190 valence electrons. The monoisotopic (exact) mass is 495 g/mol. The van der Waals surface area contributed by atoms with Crippen molar-refractivity contribution >= 4 is 17.6 Å². The van der Waals surface area contributed by atoms with E-state index in [-0.39, 0.29) is 24.7 Å². The van der Waals surface area contributed by atoms with E-state index in [4.69, 9.17) is 11.1 Å². The number of unbranched alkanes of at least 4 members (excludes halogenated alkanes) is 1. The Morgan fingerprint density at radius 2 is 1.86 bits per heavy atom. The molecule has 0 aromatic heterocycles. The summed E-state index contributed by atoms with van der Waals surface area (Å²) in [6.07, 6.45) is -1.14. The van der Waals surface area contributed by atoms with E-state index in [9.17, 15) is 13.2 Å². The molecule has 2 heterocycles. The van der Waals surface area contributed by atoms with Crippen molar-refractivity contribution in [3.63, 3.8) is 0 Å². The summed E-state index contributed by atoms with van der Waals surface area (Å²) in [6.45, 7) is 3.26. The van der Waals surface area contributed by atoms with Gasteiger partial charge in [-0.2, -0.15) is 13.2 Å². The van der Waals surface area contributed by atoms with E-state index in [1.54, 1.807) is 0 Å². The highest BCUT2D eigenvalue weighted by molar-refractivity contribution is 5.88. The van der Waals surface area contributed by atoms with Gasteiger partial charge in [-0.3, -0.25) is 9.80 Å². The molecule has 5 nitrogen and oxygen atoms in total. The predicted octanol–water partition coefficient (Wildman–Crippen LogP) is 4.95. The molecule has 0 saturated carbocycles. The largest absolute Gasteiger partial charge is 0.401 e. The third-order valence-electron chi connectivity index (χ3n) is 6.77. The Hall–Kier alpha value is -2.72. The minimum atomic E-state index is -4.55. The van der Waals surface area contributed by atoms with E-state index >= 15 is 8.78 Å². The lowest BCUT2D eigenvalue weighted by Crippen LogP contribution is -2.54. The van der Waals surface area contributed by atoms with Crippen LogP contribution in [0.2, 0.25) is 0 Å². The first-order valence-corrected chi connectivity index (χ1v) is 11.8.